The van der Waals surface area contributed by atoms with Gasteiger partial charge in [-0.05, 0) is 96.1 Å². The standard InChI is InChI=1S/C34H49N3O6S/c1-22-15-14-18-25(23(22)2)28(37(9)30(39)26(19-20-44-10)36-32(41)43-34(6,7)8)29(38)35-27(31(40)42-33(3,4)5)21-24-16-12-11-13-17-24/h11-18,26-28H,19-21H2,1-10H3,(H,35,38)(H,36,41). The van der Waals surface area contributed by atoms with Crippen LogP contribution in [0.1, 0.15) is 76.3 Å². The Bertz CT molecular complexity index is 1290. The van der Waals surface area contributed by atoms with E-state index in [2.05, 4.69) is 10.6 Å². The topological polar surface area (TPSA) is 114 Å². The van der Waals surface area contributed by atoms with E-state index in [0.29, 0.717) is 17.7 Å². The van der Waals surface area contributed by atoms with Crippen LogP contribution in [0, 0.1) is 13.8 Å². The van der Waals surface area contributed by atoms with Crippen LogP contribution in [0.25, 0.3) is 0 Å². The fourth-order valence-electron chi connectivity index (χ4n) is 4.58. The molecule has 0 aliphatic heterocycles. The molecule has 0 fully saturated rings. The predicted octanol–water partition coefficient (Wildman–Crippen LogP) is 5.52. The summed E-state index contributed by atoms with van der Waals surface area (Å²) < 4.78 is 11.1. The highest BCUT2D eigenvalue weighted by Crippen LogP contribution is 2.27. The summed E-state index contributed by atoms with van der Waals surface area (Å²) in [4.78, 5) is 55.7. The normalized spacial score (nSPS) is 13.7. The number of likely N-dealkylation sites (N-methyl/N-ethyl adjacent to an activating group) is 1. The maximum absolute atomic E-state index is 14.2. The quantitative estimate of drug-likeness (QED) is 0.298. The van der Waals surface area contributed by atoms with Gasteiger partial charge in [0.1, 0.15) is 29.3 Å². The van der Waals surface area contributed by atoms with Crippen LogP contribution < -0.4 is 10.6 Å². The van der Waals surface area contributed by atoms with Crippen LogP contribution in [0.4, 0.5) is 4.79 Å². The second-order valence-electron chi connectivity index (χ2n) is 12.9. The van der Waals surface area contributed by atoms with Gasteiger partial charge in [-0.15, -0.1) is 0 Å². The summed E-state index contributed by atoms with van der Waals surface area (Å²) >= 11 is 1.54. The van der Waals surface area contributed by atoms with E-state index in [1.165, 1.54) is 23.7 Å². The van der Waals surface area contributed by atoms with Crippen LogP contribution in [-0.2, 0) is 30.3 Å². The second kappa shape index (κ2) is 16.0. The zero-order chi connectivity index (χ0) is 33.2. The number of esters is 1. The lowest BCUT2D eigenvalue weighted by molar-refractivity contribution is -0.159. The number of carbonyl (C=O) groups excluding carboxylic acids is 4. The van der Waals surface area contributed by atoms with Crippen molar-refractivity contribution in [1.82, 2.24) is 15.5 Å². The van der Waals surface area contributed by atoms with E-state index in [0.717, 1.165) is 16.7 Å². The maximum atomic E-state index is 14.2. The molecule has 44 heavy (non-hydrogen) atoms. The Kier molecular flexibility index (Phi) is 13.3. The molecule has 2 aromatic rings. The second-order valence-corrected chi connectivity index (χ2v) is 13.9. The highest BCUT2D eigenvalue weighted by atomic mass is 32.2. The van der Waals surface area contributed by atoms with Crippen LogP contribution in [-0.4, -0.2) is 71.1 Å². The number of nitrogens with one attached hydrogen (secondary N) is 2. The molecule has 0 saturated heterocycles. The van der Waals surface area contributed by atoms with E-state index in [1.54, 1.807) is 47.6 Å². The first-order valence-electron chi connectivity index (χ1n) is 14.8. The Hall–Kier alpha value is -3.53. The first-order chi connectivity index (χ1) is 20.4. The number of benzene rings is 2. The lowest BCUT2D eigenvalue weighted by atomic mass is 9.94. The molecule has 9 nitrogen and oxygen atoms in total. The summed E-state index contributed by atoms with van der Waals surface area (Å²) in [6.07, 6.45) is 1.73. The van der Waals surface area contributed by atoms with E-state index in [-0.39, 0.29) is 6.42 Å². The van der Waals surface area contributed by atoms with Crippen molar-refractivity contribution in [2.45, 2.75) is 97.6 Å². The molecule has 0 bridgehead atoms. The van der Waals surface area contributed by atoms with E-state index >= 15 is 0 Å². The summed E-state index contributed by atoms with van der Waals surface area (Å²) in [5.74, 6) is -0.976. The summed E-state index contributed by atoms with van der Waals surface area (Å²) in [7, 11) is 1.54. The van der Waals surface area contributed by atoms with Gasteiger partial charge in [0.25, 0.3) is 0 Å². The highest BCUT2D eigenvalue weighted by molar-refractivity contribution is 7.98. The van der Waals surface area contributed by atoms with Crippen molar-refractivity contribution >= 4 is 35.6 Å². The third kappa shape index (κ3) is 11.5. The number of ether oxygens (including phenoxy) is 2. The molecule has 3 amide bonds. The molecule has 0 heterocycles. The van der Waals surface area contributed by atoms with Gasteiger partial charge in [-0.1, -0.05) is 48.5 Å². The number of rotatable bonds is 12. The first-order valence-corrected chi connectivity index (χ1v) is 16.2. The molecule has 2 N–H and O–H groups in total. The molecule has 3 unspecified atom stereocenters. The lowest BCUT2D eigenvalue weighted by Crippen LogP contribution is -2.54. The molecule has 2 aromatic carbocycles. The summed E-state index contributed by atoms with van der Waals surface area (Å²) in [6.45, 7) is 14.4. The molecule has 10 heteroatoms. The Morgan fingerprint density at radius 1 is 0.841 bits per heavy atom. The van der Waals surface area contributed by atoms with Crippen LogP contribution >= 0.6 is 11.8 Å². The fourth-order valence-corrected chi connectivity index (χ4v) is 5.05. The Labute approximate surface area is 266 Å². The Balaban J connectivity index is 2.51. The van der Waals surface area contributed by atoms with Crippen LogP contribution in [0.3, 0.4) is 0 Å². The zero-order valence-electron chi connectivity index (χ0n) is 27.8. The first kappa shape index (κ1) is 36.7. The van der Waals surface area contributed by atoms with Gasteiger partial charge in [0.05, 0.1) is 0 Å². The van der Waals surface area contributed by atoms with E-state index in [4.69, 9.17) is 9.47 Å². The molecule has 0 radical (unpaired) electrons. The molecule has 3 atom stereocenters. The fraction of sp³-hybridized carbons (Fsp3) is 0.529. The van der Waals surface area contributed by atoms with Gasteiger partial charge in [0, 0.05) is 13.5 Å². The smallest absolute Gasteiger partial charge is 0.408 e. The van der Waals surface area contributed by atoms with Crippen LogP contribution in [0.2, 0.25) is 0 Å². The minimum atomic E-state index is -1.10. The van der Waals surface area contributed by atoms with Gasteiger partial charge in [-0.2, -0.15) is 11.8 Å². The molecule has 0 spiro atoms. The number of alkyl carbamates (subject to hydrolysis) is 1. The van der Waals surface area contributed by atoms with Crippen molar-refractivity contribution in [3.8, 4) is 0 Å². The minimum Gasteiger partial charge on any atom is -0.458 e. The number of nitrogens with zero attached hydrogens (tertiary/aromatic N) is 1. The molecule has 0 saturated carbocycles. The average molecular weight is 628 g/mol. The Morgan fingerprint density at radius 3 is 2.02 bits per heavy atom. The van der Waals surface area contributed by atoms with Gasteiger partial charge in [0.2, 0.25) is 11.8 Å². The van der Waals surface area contributed by atoms with E-state index in [9.17, 15) is 19.2 Å². The molecule has 2 rings (SSSR count). The number of hydrogen-bond donors (Lipinski definition) is 2. The monoisotopic (exact) mass is 627 g/mol. The summed E-state index contributed by atoms with van der Waals surface area (Å²) in [6, 6.07) is 11.9. The number of aryl methyl sites for hydroxylation is 1. The van der Waals surface area contributed by atoms with Crippen molar-refractivity contribution in [2.24, 2.45) is 0 Å². The third-order valence-corrected chi connectivity index (χ3v) is 7.46. The SMILES string of the molecule is CSCCC(NC(=O)OC(C)(C)C)C(=O)N(C)C(C(=O)NC(Cc1ccccc1)C(=O)OC(C)(C)C)c1cccc(C)c1C. The maximum Gasteiger partial charge on any atom is 0.408 e. The summed E-state index contributed by atoms with van der Waals surface area (Å²) in [5.41, 5.74) is 1.72. The lowest BCUT2D eigenvalue weighted by Gasteiger charge is -2.33. The van der Waals surface area contributed by atoms with Crippen molar-refractivity contribution in [2.75, 3.05) is 19.1 Å². The summed E-state index contributed by atoms with van der Waals surface area (Å²) in [5, 5.41) is 5.61. The van der Waals surface area contributed by atoms with Gasteiger partial charge in [-0.3, -0.25) is 9.59 Å². The molecule has 0 aliphatic rings. The van der Waals surface area contributed by atoms with Gasteiger partial charge in [-0.25, -0.2) is 9.59 Å². The van der Waals surface area contributed by atoms with Gasteiger partial charge in [0.15, 0.2) is 0 Å². The minimum absolute atomic E-state index is 0.204. The molecule has 0 aromatic heterocycles. The van der Waals surface area contributed by atoms with Crippen LogP contribution in [0.5, 0.6) is 0 Å². The Morgan fingerprint density at radius 2 is 1.45 bits per heavy atom. The molecular weight excluding hydrogens is 578 g/mol. The number of hydrogen-bond acceptors (Lipinski definition) is 7. The van der Waals surface area contributed by atoms with Crippen molar-refractivity contribution < 1.29 is 28.7 Å². The van der Waals surface area contributed by atoms with Gasteiger partial charge >= 0.3 is 12.1 Å². The van der Waals surface area contributed by atoms with Gasteiger partial charge < -0.3 is 25.0 Å². The predicted molar refractivity (Wildman–Crippen MR) is 176 cm³/mol. The molecular formula is C34H49N3O6S. The number of thioether (sulfide) groups is 1. The number of amides is 3. The average Bonchev–Trinajstić information content (AvgIpc) is 2.91. The molecule has 242 valence electrons. The van der Waals surface area contributed by atoms with E-state index < -0.39 is 53.2 Å². The highest BCUT2D eigenvalue weighted by Gasteiger charge is 2.37. The number of carbonyl (C=O) groups is 4. The molecule has 0 aliphatic carbocycles. The van der Waals surface area contributed by atoms with Crippen molar-refractivity contribution in [1.29, 1.82) is 0 Å². The van der Waals surface area contributed by atoms with E-state index in [1.807, 2.05) is 62.6 Å². The van der Waals surface area contributed by atoms with Crippen molar-refractivity contribution in [3.05, 3.63) is 70.8 Å². The third-order valence-electron chi connectivity index (χ3n) is 6.81. The largest absolute Gasteiger partial charge is 0.458 e. The van der Waals surface area contributed by atoms with Crippen molar-refractivity contribution in [3.63, 3.8) is 0 Å². The zero-order valence-corrected chi connectivity index (χ0v) is 28.6. The van der Waals surface area contributed by atoms with Crippen LogP contribution in [0.15, 0.2) is 48.5 Å².